The largest absolute Gasteiger partial charge is 0.493 e. The van der Waals surface area contributed by atoms with Crippen molar-refractivity contribution in [2.24, 2.45) is 0 Å². The van der Waals surface area contributed by atoms with Crippen molar-refractivity contribution in [2.75, 3.05) is 19.5 Å². The first-order valence-electron chi connectivity index (χ1n) is 9.47. The Morgan fingerprint density at radius 3 is 2.21 bits per heavy atom. The number of anilines is 1. The summed E-state index contributed by atoms with van der Waals surface area (Å²) in [5, 5.41) is 13.6. The molecule has 0 unspecified atom stereocenters. The van der Waals surface area contributed by atoms with Gasteiger partial charge in [0.2, 0.25) is 0 Å². The van der Waals surface area contributed by atoms with Gasteiger partial charge in [0.15, 0.2) is 11.5 Å². The average molecular weight is 472 g/mol. The van der Waals surface area contributed by atoms with Crippen LogP contribution in [-0.4, -0.2) is 33.5 Å². The topological polar surface area (TPSA) is 134 Å². The number of nitro groups is 1. The molecule has 0 bridgehead atoms. The molecule has 172 valence electrons. The molecule has 3 aromatic rings. The number of aryl methyl sites for hydroxylation is 1. The zero-order chi connectivity index (χ0) is 24.2. The van der Waals surface area contributed by atoms with Gasteiger partial charge in [-0.15, -0.1) is 0 Å². The molecule has 33 heavy (non-hydrogen) atoms. The first-order valence-corrected chi connectivity index (χ1v) is 10.9. The van der Waals surface area contributed by atoms with E-state index in [2.05, 4.69) is 5.32 Å². The molecule has 0 aliphatic carbocycles. The summed E-state index contributed by atoms with van der Waals surface area (Å²) in [6.45, 7) is 1.80. The molecule has 0 radical (unpaired) electrons. The van der Waals surface area contributed by atoms with Crippen LogP contribution in [-0.2, 0) is 10.1 Å². The molecule has 0 saturated heterocycles. The van der Waals surface area contributed by atoms with Crippen LogP contribution in [0.1, 0.15) is 15.9 Å². The first-order chi connectivity index (χ1) is 15.6. The molecule has 0 spiro atoms. The van der Waals surface area contributed by atoms with Gasteiger partial charge in [-0.1, -0.05) is 6.07 Å². The van der Waals surface area contributed by atoms with Crippen LogP contribution in [0.15, 0.2) is 65.6 Å². The third-order valence-electron chi connectivity index (χ3n) is 4.62. The number of amides is 1. The van der Waals surface area contributed by atoms with E-state index in [0.717, 1.165) is 11.6 Å². The van der Waals surface area contributed by atoms with Crippen LogP contribution < -0.4 is 19.0 Å². The van der Waals surface area contributed by atoms with Gasteiger partial charge < -0.3 is 19.0 Å². The molecular formula is C22H20N2O8S. The van der Waals surface area contributed by atoms with Gasteiger partial charge in [-0.05, 0) is 48.9 Å². The summed E-state index contributed by atoms with van der Waals surface area (Å²) < 4.78 is 40.4. The summed E-state index contributed by atoms with van der Waals surface area (Å²) in [6, 6.07) is 13.3. The van der Waals surface area contributed by atoms with Gasteiger partial charge in [0.25, 0.3) is 11.6 Å². The Hall–Kier alpha value is -4.12. The maximum absolute atomic E-state index is 12.6. The lowest BCUT2D eigenvalue weighted by Crippen LogP contribution is -2.13. The quantitative estimate of drug-likeness (QED) is 0.296. The molecule has 0 aliphatic heterocycles. The van der Waals surface area contributed by atoms with E-state index in [0.29, 0.717) is 17.2 Å². The lowest BCUT2D eigenvalue weighted by molar-refractivity contribution is -0.385. The number of non-ortho nitro benzene ring substituents is 1. The summed E-state index contributed by atoms with van der Waals surface area (Å²) in [7, 11) is -1.30. The molecule has 0 aliphatic rings. The highest BCUT2D eigenvalue weighted by Crippen LogP contribution is 2.33. The normalized spacial score (nSPS) is 10.9. The monoisotopic (exact) mass is 472 g/mol. The van der Waals surface area contributed by atoms with Crippen molar-refractivity contribution in [2.45, 2.75) is 11.8 Å². The molecule has 3 rings (SSSR count). The standard InChI is InChI=1S/C22H20N2O8S/c1-14-11-20(30-2)21(31-3)13-19(14)23-22(25)15-7-9-17(10-8-15)32-33(28,29)18-6-4-5-16(12-18)24(26)27/h4-13H,1-3H3,(H,23,25). The van der Waals surface area contributed by atoms with Crippen molar-refractivity contribution in [3.05, 3.63) is 81.9 Å². The van der Waals surface area contributed by atoms with E-state index in [-0.39, 0.29) is 21.9 Å². The van der Waals surface area contributed by atoms with Gasteiger partial charge >= 0.3 is 10.1 Å². The van der Waals surface area contributed by atoms with E-state index < -0.39 is 20.9 Å². The van der Waals surface area contributed by atoms with Crippen LogP contribution in [0, 0.1) is 17.0 Å². The van der Waals surface area contributed by atoms with E-state index in [9.17, 15) is 23.3 Å². The van der Waals surface area contributed by atoms with Gasteiger partial charge in [0, 0.05) is 29.4 Å². The van der Waals surface area contributed by atoms with Crippen molar-refractivity contribution in [1.82, 2.24) is 0 Å². The van der Waals surface area contributed by atoms with Gasteiger partial charge in [-0.25, -0.2) is 0 Å². The number of hydrogen-bond donors (Lipinski definition) is 1. The van der Waals surface area contributed by atoms with Gasteiger partial charge in [-0.2, -0.15) is 8.42 Å². The Bertz CT molecular complexity index is 1300. The minimum Gasteiger partial charge on any atom is -0.493 e. The average Bonchev–Trinajstić information content (AvgIpc) is 2.80. The number of nitrogens with zero attached hydrogens (tertiary/aromatic N) is 1. The fourth-order valence-electron chi connectivity index (χ4n) is 2.90. The minimum atomic E-state index is -4.30. The Labute approximate surface area is 190 Å². The summed E-state index contributed by atoms with van der Waals surface area (Å²) in [4.78, 5) is 22.5. The van der Waals surface area contributed by atoms with Crippen LogP contribution in [0.5, 0.6) is 17.2 Å². The molecule has 10 nitrogen and oxygen atoms in total. The summed E-state index contributed by atoms with van der Waals surface area (Å²) in [5.41, 5.74) is 1.15. The lowest BCUT2D eigenvalue weighted by Gasteiger charge is -2.14. The second kappa shape index (κ2) is 9.57. The first kappa shape index (κ1) is 23.5. The van der Waals surface area contributed by atoms with Crippen molar-refractivity contribution in [3.63, 3.8) is 0 Å². The highest BCUT2D eigenvalue weighted by atomic mass is 32.2. The highest BCUT2D eigenvalue weighted by Gasteiger charge is 2.20. The Kier molecular flexibility index (Phi) is 6.83. The molecule has 0 heterocycles. The fourth-order valence-corrected chi connectivity index (χ4v) is 3.87. The zero-order valence-corrected chi connectivity index (χ0v) is 18.7. The van der Waals surface area contributed by atoms with E-state index in [1.54, 1.807) is 19.1 Å². The number of rotatable bonds is 8. The van der Waals surface area contributed by atoms with Crippen molar-refractivity contribution >= 4 is 27.4 Å². The molecule has 1 N–H and O–H groups in total. The Balaban J connectivity index is 1.76. The molecule has 1 amide bonds. The number of benzene rings is 3. The van der Waals surface area contributed by atoms with Crippen molar-refractivity contribution < 1.29 is 31.8 Å². The van der Waals surface area contributed by atoms with E-state index in [4.69, 9.17) is 13.7 Å². The van der Waals surface area contributed by atoms with E-state index in [1.165, 1.54) is 56.7 Å². The Morgan fingerprint density at radius 2 is 1.61 bits per heavy atom. The minimum absolute atomic E-state index is 0.0552. The predicted molar refractivity (Wildman–Crippen MR) is 120 cm³/mol. The van der Waals surface area contributed by atoms with Crippen LogP contribution in [0.3, 0.4) is 0 Å². The molecule has 0 fully saturated rings. The number of nitrogens with one attached hydrogen (secondary N) is 1. The SMILES string of the molecule is COc1cc(C)c(NC(=O)c2ccc(OS(=O)(=O)c3cccc([N+](=O)[O-])c3)cc2)cc1OC. The number of hydrogen-bond acceptors (Lipinski definition) is 8. The fraction of sp³-hybridized carbons (Fsp3) is 0.136. The molecule has 3 aromatic carbocycles. The molecule has 0 atom stereocenters. The van der Waals surface area contributed by atoms with Gasteiger partial charge in [-0.3, -0.25) is 14.9 Å². The lowest BCUT2D eigenvalue weighted by atomic mass is 10.1. The molecular weight excluding hydrogens is 452 g/mol. The van der Waals surface area contributed by atoms with Crippen LogP contribution in [0.4, 0.5) is 11.4 Å². The maximum atomic E-state index is 12.6. The second-order valence-electron chi connectivity index (χ2n) is 6.79. The van der Waals surface area contributed by atoms with Gasteiger partial charge in [0.1, 0.15) is 10.6 Å². The zero-order valence-electron chi connectivity index (χ0n) is 17.9. The third-order valence-corrected chi connectivity index (χ3v) is 5.86. The summed E-state index contributed by atoms with van der Waals surface area (Å²) >= 11 is 0. The number of nitro benzene ring substituents is 1. The van der Waals surface area contributed by atoms with Crippen LogP contribution in [0.25, 0.3) is 0 Å². The number of carbonyl (C=O) groups excluding carboxylic acids is 1. The smallest absolute Gasteiger partial charge is 0.339 e. The van der Waals surface area contributed by atoms with Crippen LogP contribution >= 0.6 is 0 Å². The molecule has 0 saturated carbocycles. The molecule has 0 aromatic heterocycles. The van der Waals surface area contributed by atoms with E-state index >= 15 is 0 Å². The summed E-state index contributed by atoms with van der Waals surface area (Å²) in [6.07, 6.45) is 0. The second-order valence-corrected chi connectivity index (χ2v) is 8.34. The highest BCUT2D eigenvalue weighted by molar-refractivity contribution is 7.87. The summed E-state index contributed by atoms with van der Waals surface area (Å²) in [5.74, 6) is 0.492. The van der Waals surface area contributed by atoms with E-state index in [1.807, 2.05) is 0 Å². The van der Waals surface area contributed by atoms with Crippen molar-refractivity contribution in [3.8, 4) is 17.2 Å². The number of carbonyl (C=O) groups is 1. The van der Waals surface area contributed by atoms with Gasteiger partial charge in [0.05, 0.1) is 19.1 Å². The molecule has 11 heteroatoms. The third kappa shape index (κ3) is 5.39. The Morgan fingerprint density at radius 1 is 0.970 bits per heavy atom. The number of ether oxygens (including phenoxy) is 2. The predicted octanol–water partition coefficient (Wildman–Crippen LogP) is 3.94. The number of methoxy groups -OCH3 is 2. The van der Waals surface area contributed by atoms with Crippen molar-refractivity contribution in [1.29, 1.82) is 0 Å². The van der Waals surface area contributed by atoms with Crippen LogP contribution in [0.2, 0.25) is 0 Å². The maximum Gasteiger partial charge on any atom is 0.339 e.